The van der Waals surface area contributed by atoms with Crippen molar-refractivity contribution in [2.24, 2.45) is 0 Å². The van der Waals surface area contributed by atoms with Gasteiger partial charge in [-0.15, -0.1) is 0 Å². The summed E-state index contributed by atoms with van der Waals surface area (Å²) >= 11 is 0. The van der Waals surface area contributed by atoms with E-state index in [-0.39, 0.29) is 39.2 Å². The molecule has 114 valence electrons. The molecule has 1 heterocycles. The van der Waals surface area contributed by atoms with Gasteiger partial charge in [0.2, 0.25) is 11.2 Å². The summed E-state index contributed by atoms with van der Waals surface area (Å²) in [5.41, 5.74) is -0.475. The van der Waals surface area contributed by atoms with Crippen molar-refractivity contribution in [3.8, 4) is 28.7 Å². The van der Waals surface area contributed by atoms with Crippen molar-refractivity contribution in [2.75, 3.05) is 14.2 Å². The summed E-state index contributed by atoms with van der Waals surface area (Å²) in [6, 6.07) is 4.02. The van der Waals surface area contributed by atoms with E-state index < -0.39 is 16.9 Å². The molecule has 0 saturated carbocycles. The van der Waals surface area contributed by atoms with E-state index in [0.29, 0.717) is 0 Å². The molecular formula is C15H12O7. The van der Waals surface area contributed by atoms with E-state index in [1.807, 2.05) is 0 Å². The summed E-state index contributed by atoms with van der Waals surface area (Å²) < 4.78 is 15.5. The molecule has 7 heteroatoms. The lowest BCUT2D eigenvalue weighted by atomic mass is 10.1. The zero-order chi connectivity index (χ0) is 16.0. The number of hydrogen-bond acceptors (Lipinski definition) is 7. The molecule has 3 N–H and O–H groups in total. The molecule has 0 aliphatic carbocycles. The minimum Gasteiger partial charge on any atom is -0.504 e. The van der Waals surface area contributed by atoms with Crippen molar-refractivity contribution in [3.05, 3.63) is 28.4 Å². The van der Waals surface area contributed by atoms with Crippen LogP contribution in [0.2, 0.25) is 0 Å². The molecule has 0 fully saturated rings. The van der Waals surface area contributed by atoms with Crippen molar-refractivity contribution < 1.29 is 29.2 Å². The number of aromatic hydroxyl groups is 3. The maximum absolute atomic E-state index is 12.7. The lowest BCUT2D eigenvalue weighted by Crippen LogP contribution is -2.05. The van der Waals surface area contributed by atoms with Crippen molar-refractivity contribution in [3.63, 3.8) is 0 Å². The Balaban J connectivity index is 2.60. The second-order valence-electron chi connectivity index (χ2n) is 4.57. The molecule has 0 bridgehead atoms. The van der Waals surface area contributed by atoms with Gasteiger partial charge in [-0.2, -0.15) is 0 Å². The molecule has 0 atom stereocenters. The highest BCUT2D eigenvalue weighted by Gasteiger charge is 2.21. The molecule has 3 aromatic rings. The van der Waals surface area contributed by atoms with Crippen LogP contribution in [0.3, 0.4) is 0 Å². The molecule has 0 amide bonds. The first kappa shape index (κ1) is 13.9. The summed E-state index contributed by atoms with van der Waals surface area (Å²) in [4.78, 5) is 12.7. The topological polar surface area (TPSA) is 109 Å². The van der Waals surface area contributed by atoms with Crippen LogP contribution in [0.4, 0.5) is 0 Å². The number of phenolic OH excluding ortho intramolecular Hbond substituents is 3. The Bertz CT molecular complexity index is 956. The Labute approximate surface area is 123 Å². The average molecular weight is 304 g/mol. The van der Waals surface area contributed by atoms with Gasteiger partial charge >= 0.3 is 0 Å². The zero-order valence-electron chi connectivity index (χ0n) is 11.7. The van der Waals surface area contributed by atoms with E-state index in [0.717, 1.165) is 6.07 Å². The van der Waals surface area contributed by atoms with E-state index in [1.165, 1.54) is 26.4 Å². The minimum absolute atomic E-state index is 0.0224. The van der Waals surface area contributed by atoms with Gasteiger partial charge in [-0.05, 0) is 12.1 Å². The molecule has 3 rings (SSSR count). The zero-order valence-corrected chi connectivity index (χ0v) is 11.7. The SMILES string of the molecule is COc1ccc2oc3cc(O)c(O)c(OC)c3c(=O)c2c1O. The average Bonchev–Trinajstić information content (AvgIpc) is 2.49. The third-order valence-corrected chi connectivity index (χ3v) is 3.40. The smallest absolute Gasteiger partial charge is 0.208 e. The van der Waals surface area contributed by atoms with Gasteiger partial charge in [-0.25, -0.2) is 0 Å². The summed E-state index contributed by atoms with van der Waals surface area (Å²) in [6.07, 6.45) is 0. The first-order valence-electron chi connectivity index (χ1n) is 6.25. The molecule has 1 aromatic heterocycles. The predicted octanol–water partition coefficient (Wildman–Crippen LogP) is 2.08. The van der Waals surface area contributed by atoms with E-state index in [1.54, 1.807) is 0 Å². The van der Waals surface area contributed by atoms with Crippen LogP contribution in [0.1, 0.15) is 0 Å². The van der Waals surface area contributed by atoms with Gasteiger partial charge in [0, 0.05) is 6.07 Å². The van der Waals surface area contributed by atoms with Gasteiger partial charge in [-0.3, -0.25) is 4.79 Å². The standard InChI is InChI=1S/C15H12O7/c1-20-8-4-3-7-10(13(8)18)14(19)11-9(22-7)5-6(16)12(17)15(11)21-2/h3-5,16-18H,1-2H3. The number of methoxy groups -OCH3 is 2. The minimum atomic E-state index is -0.611. The number of rotatable bonds is 2. The molecular weight excluding hydrogens is 292 g/mol. The lowest BCUT2D eigenvalue weighted by Gasteiger charge is -2.11. The fraction of sp³-hybridized carbons (Fsp3) is 0.133. The first-order valence-corrected chi connectivity index (χ1v) is 6.25. The Morgan fingerprint density at radius 2 is 1.68 bits per heavy atom. The van der Waals surface area contributed by atoms with Crippen LogP contribution >= 0.6 is 0 Å². The Morgan fingerprint density at radius 1 is 0.955 bits per heavy atom. The normalized spacial score (nSPS) is 11.0. The maximum Gasteiger partial charge on any atom is 0.208 e. The highest BCUT2D eigenvalue weighted by atomic mass is 16.5. The monoisotopic (exact) mass is 304 g/mol. The predicted molar refractivity (Wildman–Crippen MR) is 78.1 cm³/mol. The van der Waals surface area contributed by atoms with Gasteiger partial charge in [0.25, 0.3) is 0 Å². The van der Waals surface area contributed by atoms with E-state index >= 15 is 0 Å². The van der Waals surface area contributed by atoms with Gasteiger partial charge in [-0.1, -0.05) is 0 Å². The van der Waals surface area contributed by atoms with Gasteiger partial charge < -0.3 is 29.2 Å². The third-order valence-electron chi connectivity index (χ3n) is 3.40. The van der Waals surface area contributed by atoms with Gasteiger partial charge in [0.15, 0.2) is 23.0 Å². The number of ether oxygens (including phenoxy) is 2. The molecule has 0 saturated heterocycles. The second-order valence-corrected chi connectivity index (χ2v) is 4.57. The van der Waals surface area contributed by atoms with Crippen molar-refractivity contribution in [2.45, 2.75) is 0 Å². The van der Waals surface area contributed by atoms with Crippen LogP contribution in [0.5, 0.6) is 28.7 Å². The molecule has 22 heavy (non-hydrogen) atoms. The molecule has 0 aliphatic heterocycles. The quantitative estimate of drug-likeness (QED) is 0.491. The lowest BCUT2D eigenvalue weighted by molar-refractivity contribution is 0.354. The van der Waals surface area contributed by atoms with Crippen molar-refractivity contribution in [1.82, 2.24) is 0 Å². The van der Waals surface area contributed by atoms with Gasteiger partial charge in [0.05, 0.1) is 14.2 Å². The van der Waals surface area contributed by atoms with Gasteiger partial charge in [0.1, 0.15) is 21.9 Å². The molecule has 2 aromatic carbocycles. The van der Waals surface area contributed by atoms with Crippen LogP contribution < -0.4 is 14.9 Å². The fourth-order valence-electron chi connectivity index (χ4n) is 2.37. The maximum atomic E-state index is 12.7. The fourth-order valence-corrected chi connectivity index (χ4v) is 2.37. The number of benzene rings is 2. The van der Waals surface area contributed by atoms with Crippen LogP contribution in [0, 0.1) is 0 Å². The molecule has 0 radical (unpaired) electrons. The van der Waals surface area contributed by atoms with E-state index in [2.05, 4.69) is 0 Å². The van der Waals surface area contributed by atoms with Crippen LogP contribution in [-0.4, -0.2) is 29.5 Å². The first-order chi connectivity index (χ1) is 10.5. The second kappa shape index (κ2) is 4.73. The Morgan fingerprint density at radius 3 is 2.32 bits per heavy atom. The third kappa shape index (κ3) is 1.72. The number of hydrogen-bond donors (Lipinski definition) is 3. The van der Waals surface area contributed by atoms with E-state index in [4.69, 9.17) is 13.9 Å². The highest BCUT2D eigenvalue weighted by molar-refractivity contribution is 5.98. The largest absolute Gasteiger partial charge is 0.504 e. The molecule has 0 spiro atoms. The Hall–Kier alpha value is -3.09. The summed E-state index contributed by atoms with van der Waals surface area (Å²) in [5, 5.41) is 29.4. The summed E-state index contributed by atoms with van der Waals surface area (Å²) in [5.74, 6) is -1.55. The summed E-state index contributed by atoms with van der Waals surface area (Å²) in [6.45, 7) is 0. The molecule has 0 unspecified atom stereocenters. The number of phenols is 3. The van der Waals surface area contributed by atoms with E-state index in [9.17, 15) is 20.1 Å². The highest BCUT2D eigenvalue weighted by Crippen LogP contribution is 2.42. The van der Waals surface area contributed by atoms with Crippen LogP contribution in [-0.2, 0) is 0 Å². The Kier molecular flexibility index (Phi) is 2.98. The van der Waals surface area contributed by atoms with Crippen LogP contribution in [0.15, 0.2) is 27.4 Å². The number of fused-ring (bicyclic) bond motifs is 2. The van der Waals surface area contributed by atoms with Crippen molar-refractivity contribution >= 4 is 21.9 Å². The molecule has 0 aliphatic rings. The van der Waals surface area contributed by atoms with Crippen molar-refractivity contribution in [1.29, 1.82) is 0 Å². The molecule has 7 nitrogen and oxygen atoms in total. The van der Waals surface area contributed by atoms with Crippen LogP contribution in [0.25, 0.3) is 21.9 Å². The summed E-state index contributed by atoms with van der Waals surface area (Å²) in [7, 11) is 2.59.